The summed E-state index contributed by atoms with van der Waals surface area (Å²) in [5.74, 6) is 0.461. The lowest BCUT2D eigenvalue weighted by molar-refractivity contribution is -0.132. The largest absolute Gasteiger partial charge is 0.340 e. The Bertz CT molecular complexity index is 1160. The van der Waals surface area contributed by atoms with Crippen molar-refractivity contribution in [3.63, 3.8) is 0 Å². The highest BCUT2D eigenvalue weighted by molar-refractivity contribution is 7.18. The molecule has 31 heavy (non-hydrogen) atoms. The molecule has 162 valence electrons. The van der Waals surface area contributed by atoms with E-state index in [4.69, 9.17) is 4.98 Å². The maximum absolute atomic E-state index is 13.0. The molecule has 1 saturated heterocycles. The molecule has 3 heterocycles. The number of aromatic amines is 1. The highest BCUT2D eigenvalue weighted by Crippen LogP contribution is 2.33. The normalized spacial score (nSPS) is 17.1. The van der Waals surface area contributed by atoms with Gasteiger partial charge in [-0.1, -0.05) is 12.1 Å². The number of carbonyl (C=O) groups excluding carboxylic acids is 1. The summed E-state index contributed by atoms with van der Waals surface area (Å²) in [7, 11) is 0. The lowest BCUT2D eigenvalue weighted by atomic mass is 9.97. The Morgan fingerprint density at radius 3 is 2.61 bits per heavy atom. The van der Waals surface area contributed by atoms with Crippen LogP contribution >= 0.6 is 11.3 Å². The van der Waals surface area contributed by atoms with Gasteiger partial charge in [-0.2, -0.15) is 0 Å². The highest BCUT2D eigenvalue weighted by Gasteiger charge is 2.23. The van der Waals surface area contributed by atoms with Gasteiger partial charge < -0.3 is 9.88 Å². The van der Waals surface area contributed by atoms with Crippen molar-refractivity contribution in [1.82, 2.24) is 19.8 Å². The zero-order valence-electron chi connectivity index (χ0n) is 17.3. The van der Waals surface area contributed by atoms with Crippen LogP contribution in [0, 0.1) is 5.82 Å². The number of nitrogens with one attached hydrogen (secondary N) is 1. The van der Waals surface area contributed by atoms with Crippen molar-refractivity contribution in [1.29, 1.82) is 0 Å². The van der Waals surface area contributed by atoms with Crippen LogP contribution in [0.15, 0.2) is 29.1 Å². The smallest absolute Gasteiger partial charge is 0.259 e. The van der Waals surface area contributed by atoms with Crippen LogP contribution in [0.3, 0.4) is 0 Å². The molecule has 0 bridgehead atoms. The predicted molar refractivity (Wildman–Crippen MR) is 119 cm³/mol. The molecule has 6 nitrogen and oxygen atoms in total. The number of hydrogen-bond acceptors (Lipinski definition) is 5. The van der Waals surface area contributed by atoms with E-state index in [1.807, 2.05) is 4.90 Å². The number of aryl methyl sites for hydroxylation is 2. The molecule has 1 amide bonds. The first kappa shape index (κ1) is 20.3. The van der Waals surface area contributed by atoms with Gasteiger partial charge in [0.15, 0.2) is 0 Å². The summed E-state index contributed by atoms with van der Waals surface area (Å²) >= 11 is 1.67. The topological polar surface area (TPSA) is 69.3 Å². The van der Waals surface area contributed by atoms with E-state index >= 15 is 0 Å². The molecule has 0 radical (unpaired) electrons. The zero-order chi connectivity index (χ0) is 21.4. The number of amides is 1. The summed E-state index contributed by atoms with van der Waals surface area (Å²) < 4.78 is 13.0. The van der Waals surface area contributed by atoms with Crippen molar-refractivity contribution in [3.8, 4) is 0 Å². The summed E-state index contributed by atoms with van der Waals surface area (Å²) in [6.45, 7) is 3.32. The minimum absolute atomic E-state index is 0.0208. The van der Waals surface area contributed by atoms with Crippen molar-refractivity contribution < 1.29 is 9.18 Å². The molecule has 1 fully saturated rings. The van der Waals surface area contributed by atoms with Crippen LogP contribution in [0.5, 0.6) is 0 Å². The molecule has 0 spiro atoms. The lowest BCUT2D eigenvalue weighted by Crippen LogP contribution is -2.49. The van der Waals surface area contributed by atoms with E-state index in [1.54, 1.807) is 23.5 Å². The third-order valence-electron chi connectivity index (χ3n) is 6.24. The van der Waals surface area contributed by atoms with Gasteiger partial charge in [0.05, 0.1) is 18.4 Å². The summed E-state index contributed by atoms with van der Waals surface area (Å²) in [6, 6.07) is 6.08. The number of carbonyl (C=O) groups is 1. The van der Waals surface area contributed by atoms with Gasteiger partial charge in [-0.05, 0) is 48.9 Å². The molecular weight excluding hydrogens is 415 g/mol. The van der Waals surface area contributed by atoms with E-state index in [2.05, 4.69) is 9.88 Å². The number of piperazine rings is 1. The quantitative estimate of drug-likeness (QED) is 0.677. The van der Waals surface area contributed by atoms with Crippen LogP contribution in [0.25, 0.3) is 10.2 Å². The Morgan fingerprint density at radius 2 is 1.84 bits per heavy atom. The number of H-pyrrole nitrogens is 1. The number of aromatic nitrogens is 2. The predicted octanol–water partition coefficient (Wildman–Crippen LogP) is 2.89. The molecule has 0 atom stereocenters. The number of thiophene rings is 1. The van der Waals surface area contributed by atoms with E-state index in [0.717, 1.165) is 48.1 Å². The van der Waals surface area contributed by atoms with Crippen LogP contribution in [0.1, 0.15) is 34.7 Å². The fraction of sp³-hybridized carbons (Fsp3) is 0.435. The van der Waals surface area contributed by atoms with Gasteiger partial charge in [0.2, 0.25) is 5.91 Å². The van der Waals surface area contributed by atoms with Gasteiger partial charge in [-0.3, -0.25) is 14.5 Å². The average molecular weight is 441 g/mol. The van der Waals surface area contributed by atoms with E-state index < -0.39 is 0 Å². The van der Waals surface area contributed by atoms with Gasteiger partial charge in [0.25, 0.3) is 5.56 Å². The third-order valence-corrected chi connectivity index (χ3v) is 7.43. The number of rotatable bonds is 4. The van der Waals surface area contributed by atoms with Gasteiger partial charge in [-0.25, -0.2) is 9.37 Å². The van der Waals surface area contributed by atoms with Crippen molar-refractivity contribution in [2.75, 3.05) is 26.2 Å². The number of halogens is 1. The monoisotopic (exact) mass is 440 g/mol. The zero-order valence-corrected chi connectivity index (χ0v) is 18.1. The minimum Gasteiger partial charge on any atom is -0.340 e. The van der Waals surface area contributed by atoms with E-state index in [-0.39, 0.29) is 23.7 Å². The molecule has 1 N–H and O–H groups in total. The van der Waals surface area contributed by atoms with Crippen molar-refractivity contribution in [2.45, 2.75) is 38.6 Å². The number of nitrogens with zero attached hydrogens (tertiary/aromatic N) is 3. The molecule has 5 rings (SSSR count). The SMILES string of the molecule is O=C(Cc1ccc(F)cc1)N1CCN(Cc2nc3sc4c(c3c(=O)[nH]2)CCCC4)CC1. The standard InChI is InChI=1S/C23H25FN4O2S/c24-16-7-5-15(6-8-16)13-20(29)28-11-9-27(10-12-28)14-19-25-22(30)21-17-3-1-2-4-18(17)31-23(21)26-19/h5-8H,1-4,9-14H2,(H,25,26,30). The molecule has 8 heteroatoms. The van der Waals surface area contributed by atoms with Crippen LogP contribution in [-0.4, -0.2) is 51.9 Å². The molecule has 3 aromatic rings. The summed E-state index contributed by atoms with van der Waals surface area (Å²) in [6.07, 6.45) is 4.65. The van der Waals surface area contributed by atoms with Crippen LogP contribution in [-0.2, 0) is 30.6 Å². The van der Waals surface area contributed by atoms with E-state index in [1.165, 1.54) is 29.0 Å². The van der Waals surface area contributed by atoms with Gasteiger partial charge in [0, 0.05) is 31.1 Å². The second kappa shape index (κ2) is 8.51. The molecule has 0 unspecified atom stereocenters. The first-order valence-corrected chi connectivity index (χ1v) is 11.7. The van der Waals surface area contributed by atoms with Crippen molar-refractivity contribution in [2.24, 2.45) is 0 Å². The molecule has 1 aromatic carbocycles. The number of benzene rings is 1. The fourth-order valence-corrected chi connectivity index (χ4v) is 5.82. The molecule has 2 aliphatic rings. The van der Waals surface area contributed by atoms with Crippen molar-refractivity contribution >= 4 is 27.5 Å². The van der Waals surface area contributed by atoms with E-state index in [9.17, 15) is 14.0 Å². The molecule has 2 aromatic heterocycles. The maximum Gasteiger partial charge on any atom is 0.259 e. The van der Waals surface area contributed by atoms with Crippen LogP contribution in [0.4, 0.5) is 4.39 Å². The Kier molecular flexibility index (Phi) is 5.58. The molecule has 1 aliphatic heterocycles. The Labute approximate surface area is 183 Å². The Balaban J connectivity index is 1.21. The summed E-state index contributed by atoms with van der Waals surface area (Å²) in [5.41, 5.74) is 2.01. The molecule has 1 aliphatic carbocycles. The van der Waals surface area contributed by atoms with Gasteiger partial charge in [0.1, 0.15) is 16.5 Å². The lowest BCUT2D eigenvalue weighted by Gasteiger charge is -2.34. The first-order chi connectivity index (χ1) is 15.1. The summed E-state index contributed by atoms with van der Waals surface area (Å²) in [5, 5.41) is 0.791. The van der Waals surface area contributed by atoms with Crippen LogP contribution < -0.4 is 5.56 Å². The van der Waals surface area contributed by atoms with Gasteiger partial charge in [-0.15, -0.1) is 11.3 Å². The molecule has 0 saturated carbocycles. The Morgan fingerprint density at radius 1 is 1.10 bits per heavy atom. The fourth-order valence-electron chi connectivity index (χ4n) is 4.54. The minimum atomic E-state index is -0.294. The molecular formula is C23H25FN4O2S. The third kappa shape index (κ3) is 4.27. The average Bonchev–Trinajstić information content (AvgIpc) is 3.14. The second-order valence-electron chi connectivity index (χ2n) is 8.36. The number of hydrogen-bond donors (Lipinski definition) is 1. The number of fused-ring (bicyclic) bond motifs is 3. The summed E-state index contributed by atoms with van der Waals surface area (Å²) in [4.78, 5) is 39.3. The van der Waals surface area contributed by atoms with E-state index in [0.29, 0.717) is 25.5 Å². The second-order valence-corrected chi connectivity index (χ2v) is 9.45. The maximum atomic E-state index is 13.0. The Hall–Kier alpha value is -2.58. The van der Waals surface area contributed by atoms with Gasteiger partial charge >= 0.3 is 0 Å². The highest BCUT2D eigenvalue weighted by atomic mass is 32.1. The first-order valence-electron chi connectivity index (χ1n) is 10.8. The van der Waals surface area contributed by atoms with Crippen molar-refractivity contribution in [3.05, 3.63) is 62.3 Å². The van der Waals surface area contributed by atoms with Crippen LogP contribution in [0.2, 0.25) is 0 Å².